The molecule has 3 nitrogen and oxygen atoms in total. The van der Waals surface area contributed by atoms with E-state index in [0.29, 0.717) is 0 Å². The lowest BCUT2D eigenvalue weighted by Crippen LogP contribution is -2.21. The number of imidazole rings is 1. The van der Waals surface area contributed by atoms with Crippen molar-refractivity contribution >= 4 is 0 Å². The molecule has 23 heavy (non-hydrogen) atoms. The molecule has 0 amide bonds. The van der Waals surface area contributed by atoms with Crippen molar-refractivity contribution in [2.75, 3.05) is 0 Å². The Balaban J connectivity index is 1.90. The van der Waals surface area contributed by atoms with E-state index in [1.807, 2.05) is 24.8 Å². The summed E-state index contributed by atoms with van der Waals surface area (Å²) in [6.07, 6.45) is 11.3. The third-order valence-electron chi connectivity index (χ3n) is 4.70. The lowest BCUT2D eigenvalue weighted by molar-refractivity contribution is 0.303. The number of hydrogen-bond acceptors (Lipinski definition) is 2. The fraction of sp³-hybridized carbons (Fsp3) is 0.600. The number of hydrogen-bond donors (Lipinski definition) is 0. The van der Waals surface area contributed by atoms with Crippen molar-refractivity contribution in [2.45, 2.75) is 60.4 Å². The van der Waals surface area contributed by atoms with Crippen LogP contribution in [-0.4, -0.2) is 14.5 Å². The van der Waals surface area contributed by atoms with Gasteiger partial charge < -0.3 is 4.57 Å². The Morgan fingerprint density at radius 2 is 2.00 bits per heavy atom. The third kappa shape index (κ3) is 5.81. The Morgan fingerprint density at radius 3 is 2.65 bits per heavy atom. The second-order valence-corrected chi connectivity index (χ2v) is 8.00. The van der Waals surface area contributed by atoms with Crippen LogP contribution >= 0.6 is 0 Å². The van der Waals surface area contributed by atoms with Gasteiger partial charge in [-0.3, -0.25) is 4.98 Å². The van der Waals surface area contributed by atoms with Crippen molar-refractivity contribution in [1.29, 1.82) is 0 Å². The van der Waals surface area contributed by atoms with Crippen molar-refractivity contribution in [2.24, 2.45) is 17.3 Å². The average Bonchev–Trinajstić information content (AvgIpc) is 2.91. The summed E-state index contributed by atoms with van der Waals surface area (Å²) in [7, 11) is 0. The fourth-order valence-electron chi connectivity index (χ4n) is 2.94. The van der Waals surface area contributed by atoms with Crippen LogP contribution in [0, 0.1) is 17.3 Å². The van der Waals surface area contributed by atoms with E-state index in [0.717, 1.165) is 31.2 Å². The number of aromatic nitrogens is 3. The highest BCUT2D eigenvalue weighted by Crippen LogP contribution is 2.24. The first-order valence-corrected chi connectivity index (χ1v) is 8.75. The van der Waals surface area contributed by atoms with Gasteiger partial charge in [-0.2, -0.15) is 0 Å². The van der Waals surface area contributed by atoms with Gasteiger partial charge in [-0.15, -0.1) is 0 Å². The van der Waals surface area contributed by atoms with Crippen LogP contribution in [0.15, 0.2) is 37.1 Å². The largest absolute Gasteiger partial charge is 0.337 e. The molecule has 0 aliphatic heterocycles. The number of pyridine rings is 1. The van der Waals surface area contributed by atoms with Gasteiger partial charge in [0, 0.05) is 25.1 Å². The van der Waals surface area contributed by atoms with Crippen LogP contribution in [0.5, 0.6) is 0 Å². The van der Waals surface area contributed by atoms with E-state index in [-0.39, 0.29) is 5.41 Å². The first-order valence-electron chi connectivity index (χ1n) is 8.75. The van der Waals surface area contributed by atoms with Gasteiger partial charge in [0.25, 0.3) is 0 Å². The minimum atomic E-state index is 0.187. The van der Waals surface area contributed by atoms with Crippen LogP contribution in [0.1, 0.15) is 52.3 Å². The molecule has 0 radical (unpaired) electrons. The van der Waals surface area contributed by atoms with E-state index in [4.69, 9.17) is 0 Å². The Labute approximate surface area is 141 Å². The lowest BCUT2D eigenvalue weighted by Gasteiger charge is -2.25. The SMILES string of the molecule is CC(C)C(C)CCc1cn(CC(C)(C)Cc2cccnc2)cn1. The van der Waals surface area contributed by atoms with Crippen LogP contribution in [0.4, 0.5) is 0 Å². The summed E-state index contributed by atoms with van der Waals surface area (Å²) in [5, 5.41) is 0. The summed E-state index contributed by atoms with van der Waals surface area (Å²) < 4.78 is 2.24. The molecule has 0 aromatic carbocycles. The van der Waals surface area contributed by atoms with E-state index in [1.54, 1.807) is 0 Å². The Bertz CT molecular complexity index is 584. The lowest BCUT2D eigenvalue weighted by atomic mass is 9.86. The third-order valence-corrected chi connectivity index (χ3v) is 4.70. The molecule has 0 saturated heterocycles. The molecule has 0 bridgehead atoms. The number of nitrogens with zero attached hydrogens (tertiary/aromatic N) is 3. The molecule has 2 rings (SSSR count). The van der Waals surface area contributed by atoms with Crippen molar-refractivity contribution in [3.05, 3.63) is 48.3 Å². The molecule has 0 N–H and O–H groups in total. The average molecular weight is 313 g/mol. The van der Waals surface area contributed by atoms with Gasteiger partial charge in [-0.1, -0.05) is 40.7 Å². The second-order valence-electron chi connectivity index (χ2n) is 8.00. The van der Waals surface area contributed by atoms with Gasteiger partial charge in [0.2, 0.25) is 0 Å². The van der Waals surface area contributed by atoms with Gasteiger partial charge in [0.15, 0.2) is 0 Å². The molecule has 0 saturated carbocycles. The van der Waals surface area contributed by atoms with E-state index < -0.39 is 0 Å². The zero-order valence-corrected chi connectivity index (χ0v) is 15.3. The van der Waals surface area contributed by atoms with Gasteiger partial charge in [0.1, 0.15) is 0 Å². The summed E-state index contributed by atoms with van der Waals surface area (Å²) in [5.41, 5.74) is 2.70. The maximum atomic E-state index is 4.59. The first-order chi connectivity index (χ1) is 10.9. The van der Waals surface area contributed by atoms with Crippen LogP contribution < -0.4 is 0 Å². The highest BCUT2D eigenvalue weighted by molar-refractivity contribution is 5.10. The van der Waals surface area contributed by atoms with Crippen molar-refractivity contribution in [1.82, 2.24) is 14.5 Å². The maximum absolute atomic E-state index is 4.59. The predicted octanol–water partition coefficient (Wildman–Crippen LogP) is 4.77. The summed E-state index contributed by atoms with van der Waals surface area (Å²) in [4.78, 5) is 8.81. The quantitative estimate of drug-likeness (QED) is 0.702. The molecule has 2 aromatic rings. The van der Waals surface area contributed by atoms with Crippen molar-refractivity contribution < 1.29 is 0 Å². The molecule has 126 valence electrons. The van der Waals surface area contributed by atoms with Gasteiger partial charge in [0.05, 0.1) is 12.0 Å². The molecule has 0 spiro atoms. The summed E-state index contributed by atoms with van der Waals surface area (Å²) in [5.74, 6) is 1.50. The van der Waals surface area contributed by atoms with E-state index >= 15 is 0 Å². The number of aryl methyl sites for hydroxylation is 1. The van der Waals surface area contributed by atoms with Gasteiger partial charge >= 0.3 is 0 Å². The first kappa shape index (κ1) is 17.7. The zero-order chi connectivity index (χ0) is 16.9. The zero-order valence-electron chi connectivity index (χ0n) is 15.3. The summed E-state index contributed by atoms with van der Waals surface area (Å²) in [6, 6.07) is 4.16. The smallest absolute Gasteiger partial charge is 0.0949 e. The molecule has 0 aliphatic carbocycles. The molecule has 2 heterocycles. The van der Waals surface area contributed by atoms with Gasteiger partial charge in [-0.25, -0.2) is 4.98 Å². The fourth-order valence-corrected chi connectivity index (χ4v) is 2.94. The molecule has 3 heteroatoms. The Hall–Kier alpha value is -1.64. The maximum Gasteiger partial charge on any atom is 0.0949 e. The predicted molar refractivity (Wildman–Crippen MR) is 96.3 cm³/mol. The topological polar surface area (TPSA) is 30.7 Å². The van der Waals surface area contributed by atoms with Crippen LogP contribution in [-0.2, 0) is 19.4 Å². The van der Waals surface area contributed by atoms with Crippen molar-refractivity contribution in [3.63, 3.8) is 0 Å². The van der Waals surface area contributed by atoms with E-state index in [9.17, 15) is 0 Å². The minimum absolute atomic E-state index is 0.187. The highest BCUT2D eigenvalue weighted by atomic mass is 15.0. The monoisotopic (exact) mass is 313 g/mol. The van der Waals surface area contributed by atoms with Gasteiger partial charge in [-0.05, 0) is 48.1 Å². The molecule has 0 aliphatic rings. The Kier molecular flexibility index (Phi) is 5.97. The van der Waals surface area contributed by atoms with E-state index in [1.165, 1.54) is 17.7 Å². The molecule has 2 aromatic heterocycles. The van der Waals surface area contributed by atoms with Crippen molar-refractivity contribution in [3.8, 4) is 0 Å². The minimum Gasteiger partial charge on any atom is -0.337 e. The van der Waals surface area contributed by atoms with Crippen LogP contribution in [0.2, 0.25) is 0 Å². The second kappa shape index (κ2) is 7.76. The normalized spacial score (nSPS) is 13.5. The summed E-state index contributed by atoms with van der Waals surface area (Å²) >= 11 is 0. The van der Waals surface area contributed by atoms with Crippen LogP contribution in [0.3, 0.4) is 0 Å². The molecule has 1 atom stereocenters. The molecular weight excluding hydrogens is 282 g/mol. The Morgan fingerprint density at radius 1 is 1.22 bits per heavy atom. The number of rotatable bonds is 8. The highest BCUT2D eigenvalue weighted by Gasteiger charge is 2.20. The molecule has 0 fully saturated rings. The molecular formula is C20H31N3. The molecule has 1 unspecified atom stereocenters. The van der Waals surface area contributed by atoms with Crippen LogP contribution in [0.25, 0.3) is 0 Å². The standard InChI is InChI=1S/C20H31N3/c1-16(2)17(3)8-9-19-13-23(15-22-19)14-20(4,5)11-18-7-6-10-21-12-18/h6-7,10,12-13,15-17H,8-9,11,14H2,1-5H3. The summed E-state index contributed by atoms with van der Waals surface area (Å²) in [6.45, 7) is 12.5. The van der Waals surface area contributed by atoms with E-state index in [2.05, 4.69) is 61.4 Å².